The Hall–Kier alpha value is -3.78. The molecule has 0 aliphatic heterocycles. The largest absolute Gasteiger partial charge is 0.338 e. The molecule has 2 heteroatoms. The minimum Gasteiger partial charge on any atom is -0.338 e. The molecule has 2 nitrogen and oxygen atoms in total. The Balaban J connectivity index is 1.55. The van der Waals surface area contributed by atoms with Crippen LogP contribution in [0.25, 0.3) is 27.5 Å². The number of anilines is 1. The number of nitrogens with zero attached hydrogens (tertiary/aromatic N) is 2. The zero-order valence-electron chi connectivity index (χ0n) is 21.8. The van der Waals surface area contributed by atoms with E-state index in [1.807, 2.05) is 0 Å². The van der Waals surface area contributed by atoms with E-state index in [0.29, 0.717) is 6.04 Å². The topological polar surface area (TPSA) is 8.17 Å². The van der Waals surface area contributed by atoms with E-state index in [9.17, 15) is 0 Å². The highest BCUT2D eigenvalue weighted by Crippen LogP contribution is 2.37. The summed E-state index contributed by atoms with van der Waals surface area (Å²) in [4.78, 5) is 2.58. The molecule has 36 heavy (non-hydrogen) atoms. The second-order valence-electron chi connectivity index (χ2n) is 10.5. The predicted molar refractivity (Wildman–Crippen MR) is 155 cm³/mol. The molecular formula is C34H34N2. The highest BCUT2D eigenvalue weighted by molar-refractivity contribution is 6.11. The quantitative estimate of drug-likeness (QED) is 0.289. The molecule has 0 fully saturated rings. The summed E-state index contributed by atoms with van der Waals surface area (Å²) in [6.45, 7) is 8.87. The van der Waals surface area contributed by atoms with E-state index in [-0.39, 0.29) is 0 Å². The van der Waals surface area contributed by atoms with Crippen molar-refractivity contribution in [1.29, 1.82) is 0 Å². The number of hydrogen-bond acceptors (Lipinski definition) is 1. The third-order valence-corrected chi connectivity index (χ3v) is 7.67. The van der Waals surface area contributed by atoms with Crippen LogP contribution >= 0.6 is 0 Å². The first-order valence-electron chi connectivity index (χ1n) is 13.1. The molecule has 2 aliphatic carbocycles. The summed E-state index contributed by atoms with van der Waals surface area (Å²) in [5.74, 6) is 0. The Kier molecular flexibility index (Phi) is 5.68. The summed E-state index contributed by atoms with van der Waals surface area (Å²) in [5, 5.41) is 2.67. The maximum absolute atomic E-state index is 2.58. The van der Waals surface area contributed by atoms with Crippen molar-refractivity contribution in [3.05, 3.63) is 119 Å². The van der Waals surface area contributed by atoms with E-state index in [1.165, 1.54) is 61.2 Å². The minimum absolute atomic E-state index is 0.324. The first-order chi connectivity index (χ1) is 17.5. The Bertz CT molecular complexity index is 1610. The molecule has 1 heterocycles. The molecule has 0 saturated heterocycles. The average Bonchev–Trinajstić information content (AvgIpc) is 3.19. The van der Waals surface area contributed by atoms with E-state index in [1.54, 1.807) is 0 Å². The van der Waals surface area contributed by atoms with Gasteiger partial charge in [0, 0.05) is 27.8 Å². The van der Waals surface area contributed by atoms with Crippen LogP contribution in [0.3, 0.4) is 0 Å². The van der Waals surface area contributed by atoms with Crippen LogP contribution in [-0.2, 0) is 0 Å². The van der Waals surface area contributed by atoms with Gasteiger partial charge >= 0.3 is 0 Å². The first kappa shape index (κ1) is 22.7. The molecule has 4 aromatic rings. The molecule has 0 radical (unpaired) electrons. The average molecular weight is 471 g/mol. The molecule has 6 rings (SSSR count). The molecule has 1 unspecified atom stereocenters. The van der Waals surface area contributed by atoms with Crippen LogP contribution in [0.1, 0.15) is 44.2 Å². The molecule has 180 valence electrons. The van der Waals surface area contributed by atoms with E-state index in [0.717, 1.165) is 19.3 Å². The van der Waals surface area contributed by atoms with Gasteiger partial charge in [-0.1, -0.05) is 65.8 Å². The molecular weight excluding hydrogens is 436 g/mol. The summed E-state index contributed by atoms with van der Waals surface area (Å²) >= 11 is 0. The van der Waals surface area contributed by atoms with Crippen LogP contribution in [0.5, 0.6) is 0 Å². The number of fused-ring (bicyclic) bond motifs is 3. The minimum atomic E-state index is 0.324. The Morgan fingerprint density at radius 2 is 1.75 bits per heavy atom. The standard InChI is InChI=1S/C34H34N2/c1-23-9-5-12-27(19-23)35(28-13-6-10-24(2)20-28)29-14-8-15-30(22-29)36-32-16-7-11-26(4)34(32)31-18-17-25(3)21-33(31)36/h5,7-12,14-18,20-22,27H,6,13,19H2,1-4H3. The summed E-state index contributed by atoms with van der Waals surface area (Å²) < 4.78 is 2.45. The van der Waals surface area contributed by atoms with Crippen LogP contribution < -0.4 is 4.90 Å². The van der Waals surface area contributed by atoms with Crippen molar-refractivity contribution in [1.82, 2.24) is 4.57 Å². The van der Waals surface area contributed by atoms with Crippen LogP contribution in [-0.4, -0.2) is 10.6 Å². The van der Waals surface area contributed by atoms with Gasteiger partial charge in [0.2, 0.25) is 0 Å². The molecule has 0 N–H and O–H groups in total. The van der Waals surface area contributed by atoms with Crippen molar-refractivity contribution in [3.8, 4) is 5.69 Å². The maximum atomic E-state index is 2.58. The number of hydrogen-bond donors (Lipinski definition) is 0. The van der Waals surface area contributed by atoms with Gasteiger partial charge in [-0.2, -0.15) is 0 Å². The van der Waals surface area contributed by atoms with Crippen molar-refractivity contribution in [2.75, 3.05) is 4.90 Å². The molecule has 0 amide bonds. The number of benzene rings is 3. The van der Waals surface area contributed by atoms with Crippen molar-refractivity contribution in [2.24, 2.45) is 0 Å². The van der Waals surface area contributed by atoms with E-state index in [4.69, 9.17) is 0 Å². The van der Waals surface area contributed by atoms with Crippen LogP contribution in [0.4, 0.5) is 5.69 Å². The summed E-state index contributed by atoms with van der Waals surface area (Å²) in [6.07, 6.45) is 14.8. The number of allylic oxidation sites excluding steroid dienone is 6. The van der Waals surface area contributed by atoms with E-state index >= 15 is 0 Å². The van der Waals surface area contributed by atoms with Crippen molar-refractivity contribution in [2.45, 2.75) is 53.0 Å². The number of aryl methyl sites for hydroxylation is 2. The lowest BCUT2D eigenvalue weighted by atomic mass is 9.96. The summed E-state index contributed by atoms with van der Waals surface area (Å²) in [5.41, 5.74) is 11.8. The first-order valence-corrected chi connectivity index (χ1v) is 13.1. The van der Waals surface area contributed by atoms with Crippen molar-refractivity contribution in [3.63, 3.8) is 0 Å². The smallest absolute Gasteiger partial charge is 0.0559 e. The molecule has 0 bridgehead atoms. The van der Waals surface area contributed by atoms with Gasteiger partial charge in [0.1, 0.15) is 0 Å². The van der Waals surface area contributed by atoms with Gasteiger partial charge in [0.05, 0.1) is 17.1 Å². The monoisotopic (exact) mass is 470 g/mol. The molecule has 1 aromatic heterocycles. The lowest BCUT2D eigenvalue weighted by molar-refractivity contribution is 0.700. The van der Waals surface area contributed by atoms with E-state index < -0.39 is 0 Å². The fraction of sp³-hybridized carbons (Fsp3) is 0.235. The lowest BCUT2D eigenvalue weighted by Crippen LogP contribution is -2.35. The van der Waals surface area contributed by atoms with Crippen LogP contribution in [0.2, 0.25) is 0 Å². The molecule has 2 aliphatic rings. The lowest BCUT2D eigenvalue weighted by Gasteiger charge is -2.36. The van der Waals surface area contributed by atoms with Gasteiger partial charge in [-0.15, -0.1) is 0 Å². The Morgan fingerprint density at radius 3 is 2.58 bits per heavy atom. The SMILES string of the molecule is CC1=CCCC(N(c2cccc(-n3c4cc(C)ccc4c4c(C)cccc43)c2)C2C=CC=C(C)C2)=C1. The number of aromatic nitrogens is 1. The van der Waals surface area contributed by atoms with E-state index in [2.05, 4.69) is 128 Å². The van der Waals surface area contributed by atoms with Crippen LogP contribution in [0, 0.1) is 13.8 Å². The van der Waals surface area contributed by atoms with Gasteiger partial charge < -0.3 is 9.47 Å². The fourth-order valence-electron chi connectivity index (χ4n) is 6.01. The third kappa shape index (κ3) is 3.91. The van der Waals surface area contributed by atoms with Crippen molar-refractivity contribution >= 4 is 27.5 Å². The van der Waals surface area contributed by atoms with Gasteiger partial charge in [0.25, 0.3) is 0 Å². The number of rotatable bonds is 4. The molecule has 1 atom stereocenters. The molecule has 0 saturated carbocycles. The Morgan fingerprint density at radius 1 is 0.889 bits per heavy atom. The molecule has 3 aromatic carbocycles. The zero-order chi connectivity index (χ0) is 24.8. The van der Waals surface area contributed by atoms with Gasteiger partial charge in [0.15, 0.2) is 0 Å². The molecule has 0 spiro atoms. The van der Waals surface area contributed by atoms with Gasteiger partial charge in [-0.3, -0.25) is 0 Å². The predicted octanol–water partition coefficient (Wildman–Crippen LogP) is 9.11. The highest BCUT2D eigenvalue weighted by atomic mass is 15.2. The van der Waals surface area contributed by atoms with Crippen molar-refractivity contribution < 1.29 is 0 Å². The third-order valence-electron chi connectivity index (χ3n) is 7.67. The second kappa shape index (κ2) is 9.02. The Labute approximate surface area is 214 Å². The zero-order valence-corrected chi connectivity index (χ0v) is 21.8. The van der Waals surface area contributed by atoms with Gasteiger partial charge in [-0.25, -0.2) is 0 Å². The second-order valence-corrected chi connectivity index (χ2v) is 10.5. The maximum Gasteiger partial charge on any atom is 0.0559 e. The van der Waals surface area contributed by atoms with Gasteiger partial charge in [-0.05, 0) is 94.5 Å². The fourth-order valence-corrected chi connectivity index (χ4v) is 6.01. The van der Waals surface area contributed by atoms with Crippen LogP contribution in [0.15, 0.2) is 108 Å². The normalized spacial score (nSPS) is 17.8. The summed E-state index contributed by atoms with van der Waals surface area (Å²) in [6, 6.07) is 23.0. The summed E-state index contributed by atoms with van der Waals surface area (Å²) in [7, 11) is 0. The highest BCUT2D eigenvalue weighted by Gasteiger charge is 2.24.